The van der Waals surface area contributed by atoms with Crippen LogP contribution in [0.15, 0.2) is 24.3 Å². The second-order valence-electron chi connectivity index (χ2n) is 5.61. The minimum Gasteiger partial charge on any atom is -0.435 e. The van der Waals surface area contributed by atoms with Gasteiger partial charge in [-0.2, -0.15) is 8.78 Å². The summed E-state index contributed by atoms with van der Waals surface area (Å²) in [4.78, 5) is 27.4. The fourth-order valence-corrected chi connectivity index (χ4v) is 2.91. The molecule has 0 spiro atoms. The largest absolute Gasteiger partial charge is 0.435 e. The van der Waals surface area contributed by atoms with E-state index in [0.717, 1.165) is 18.5 Å². The van der Waals surface area contributed by atoms with Crippen molar-refractivity contribution in [2.24, 2.45) is 0 Å². The van der Waals surface area contributed by atoms with Gasteiger partial charge in [0, 0.05) is 23.4 Å². The average Bonchev–Trinajstić information content (AvgIpc) is 2.87. The molecule has 1 aliphatic carbocycles. The average molecular weight is 334 g/mol. The second-order valence-corrected chi connectivity index (χ2v) is 5.61. The molecule has 1 amide bonds. The van der Waals surface area contributed by atoms with Gasteiger partial charge in [0.25, 0.3) is 5.91 Å². The lowest BCUT2D eigenvalue weighted by atomic mass is 9.94. The first-order valence-corrected chi connectivity index (χ1v) is 7.56. The van der Waals surface area contributed by atoms with Crippen LogP contribution >= 0.6 is 0 Å². The molecule has 0 aliphatic heterocycles. The number of amides is 1. The first-order chi connectivity index (χ1) is 11.5. The van der Waals surface area contributed by atoms with E-state index in [9.17, 15) is 18.4 Å². The van der Waals surface area contributed by atoms with Gasteiger partial charge in [0.15, 0.2) is 5.78 Å². The van der Waals surface area contributed by atoms with Crippen molar-refractivity contribution in [3.05, 3.63) is 46.8 Å². The van der Waals surface area contributed by atoms with Gasteiger partial charge in [-0.25, -0.2) is 0 Å². The summed E-state index contributed by atoms with van der Waals surface area (Å²) < 4.78 is 28.5. The first-order valence-electron chi connectivity index (χ1n) is 7.56. The van der Waals surface area contributed by atoms with Gasteiger partial charge in [-0.1, -0.05) is 0 Å². The van der Waals surface area contributed by atoms with E-state index in [-0.39, 0.29) is 17.4 Å². The van der Waals surface area contributed by atoms with Gasteiger partial charge in [0.1, 0.15) is 11.4 Å². The molecule has 7 heteroatoms. The summed E-state index contributed by atoms with van der Waals surface area (Å²) in [7, 11) is 0. The molecule has 1 heterocycles. The summed E-state index contributed by atoms with van der Waals surface area (Å²) in [5.41, 5.74) is 2.86. The molecule has 0 atom stereocenters. The van der Waals surface area contributed by atoms with Crippen molar-refractivity contribution in [2.45, 2.75) is 32.8 Å². The highest BCUT2D eigenvalue weighted by Gasteiger charge is 2.26. The molecule has 0 saturated heterocycles. The maximum absolute atomic E-state index is 12.4. The van der Waals surface area contributed by atoms with E-state index in [1.54, 1.807) is 6.92 Å². The number of H-pyrrole nitrogens is 1. The molecule has 24 heavy (non-hydrogen) atoms. The SMILES string of the molecule is Cc1c(C(=O)Nc2ccc(OC(F)F)cc2)[nH]c2c1C(=O)CCC2. The first kappa shape index (κ1) is 16.2. The molecule has 1 aromatic heterocycles. The maximum Gasteiger partial charge on any atom is 0.387 e. The van der Waals surface area contributed by atoms with Gasteiger partial charge < -0.3 is 15.0 Å². The number of benzene rings is 1. The number of Topliss-reactive ketones (excluding diaryl/α,β-unsaturated/α-hetero) is 1. The highest BCUT2D eigenvalue weighted by atomic mass is 19.3. The number of aromatic nitrogens is 1. The molecule has 126 valence electrons. The summed E-state index contributed by atoms with van der Waals surface area (Å²) in [5.74, 6) is -0.310. The molecule has 0 radical (unpaired) electrons. The summed E-state index contributed by atoms with van der Waals surface area (Å²) in [6.45, 7) is -1.15. The molecule has 1 aliphatic rings. The van der Waals surface area contributed by atoms with Crippen LogP contribution in [-0.2, 0) is 6.42 Å². The van der Waals surface area contributed by atoms with Gasteiger partial charge >= 0.3 is 6.61 Å². The van der Waals surface area contributed by atoms with Crippen LogP contribution in [0, 0.1) is 6.92 Å². The summed E-state index contributed by atoms with van der Waals surface area (Å²) in [6.07, 6.45) is 2.02. The predicted octanol–water partition coefficient (Wildman–Crippen LogP) is 3.70. The Morgan fingerprint density at radius 1 is 1.25 bits per heavy atom. The van der Waals surface area contributed by atoms with Gasteiger partial charge in [0.2, 0.25) is 0 Å². The van der Waals surface area contributed by atoms with Crippen LogP contribution < -0.4 is 10.1 Å². The lowest BCUT2D eigenvalue weighted by Gasteiger charge is -2.09. The number of fused-ring (bicyclic) bond motifs is 1. The monoisotopic (exact) mass is 334 g/mol. The van der Waals surface area contributed by atoms with Crippen LogP contribution in [0.4, 0.5) is 14.5 Å². The minimum absolute atomic E-state index is 0.0140. The van der Waals surface area contributed by atoms with Gasteiger partial charge in [-0.05, 0) is 49.6 Å². The highest BCUT2D eigenvalue weighted by Crippen LogP contribution is 2.27. The number of ketones is 1. The van der Waals surface area contributed by atoms with E-state index in [4.69, 9.17) is 0 Å². The van der Waals surface area contributed by atoms with Crippen molar-refractivity contribution >= 4 is 17.4 Å². The molecule has 0 saturated carbocycles. The number of halogens is 2. The van der Waals surface area contributed by atoms with Crippen molar-refractivity contribution in [3.8, 4) is 5.75 Å². The van der Waals surface area contributed by atoms with E-state index < -0.39 is 6.61 Å². The van der Waals surface area contributed by atoms with Gasteiger partial charge in [0.05, 0.1) is 0 Å². The Kier molecular flexibility index (Phi) is 4.33. The number of carbonyl (C=O) groups excluding carboxylic acids is 2. The molecule has 5 nitrogen and oxygen atoms in total. The lowest BCUT2D eigenvalue weighted by Crippen LogP contribution is -2.14. The molecule has 2 aromatic rings. The Morgan fingerprint density at radius 2 is 1.96 bits per heavy atom. The zero-order chi connectivity index (χ0) is 17.3. The smallest absolute Gasteiger partial charge is 0.387 e. The predicted molar refractivity (Wildman–Crippen MR) is 83.8 cm³/mol. The molecule has 3 rings (SSSR count). The molecular weight excluding hydrogens is 318 g/mol. The van der Waals surface area contributed by atoms with Crippen molar-refractivity contribution in [1.29, 1.82) is 0 Å². The quantitative estimate of drug-likeness (QED) is 0.896. The van der Waals surface area contributed by atoms with Crippen LogP contribution in [0.25, 0.3) is 0 Å². The summed E-state index contributed by atoms with van der Waals surface area (Å²) in [5, 5.41) is 2.68. The van der Waals surface area contributed by atoms with Crippen molar-refractivity contribution < 1.29 is 23.1 Å². The Labute approximate surface area is 137 Å². The maximum atomic E-state index is 12.4. The van der Waals surface area contributed by atoms with E-state index in [0.29, 0.717) is 28.9 Å². The summed E-state index contributed by atoms with van der Waals surface area (Å²) >= 11 is 0. The zero-order valence-electron chi connectivity index (χ0n) is 13.0. The van der Waals surface area contributed by atoms with Gasteiger partial charge in [-0.3, -0.25) is 9.59 Å². The number of hydrogen-bond acceptors (Lipinski definition) is 3. The van der Waals surface area contributed by atoms with Gasteiger partial charge in [-0.15, -0.1) is 0 Å². The Hall–Kier alpha value is -2.70. The van der Waals surface area contributed by atoms with Crippen molar-refractivity contribution in [1.82, 2.24) is 4.98 Å². The molecule has 0 fully saturated rings. The lowest BCUT2D eigenvalue weighted by molar-refractivity contribution is -0.0498. The number of aryl methyl sites for hydroxylation is 1. The standard InChI is InChI=1S/C17H16F2N2O3/c1-9-14-12(3-2-4-13(14)22)21-15(9)16(23)20-10-5-7-11(8-6-10)24-17(18)19/h5-8,17,21H,2-4H2,1H3,(H,20,23). The number of hydrogen-bond donors (Lipinski definition) is 2. The summed E-state index contributed by atoms with van der Waals surface area (Å²) in [6, 6.07) is 5.63. The molecule has 2 N–H and O–H groups in total. The second kappa shape index (κ2) is 6.43. The molecule has 0 bridgehead atoms. The van der Waals surface area contributed by atoms with E-state index in [2.05, 4.69) is 15.0 Å². The van der Waals surface area contributed by atoms with Crippen molar-refractivity contribution in [2.75, 3.05) is 5.32 Å². The van der Waals surface area contributed by atoms with E-state index >= 15 is 0 Å². The third-order valence-electron chi connectivity index (χ3n) is 4.00. The molecule has 1 aromatic carbocycles. The molecular formula is C17H16F2N2O3. The Bertz CT molecular complexity index is 782. The van der Waals surface area contributed by atoms with E-state index in [1.807, 2.05) is 0 Å². The molecule has 0 unspecified atom stereocenters. The topological polar surface area (TPSA) is 71.2 Å². The van der Waals surface area contributed by atoms with Crippen LogP contribution in [0.1, 0.15) is 44.9 Å². The van der Waals surface area contributed by atoms with Crippen LogP contribution in [0.5, 0.6) is 5.75 Å². The zero-order valence-corrected chi connectivity index (χ0v) is 13.0. The Balaban J connectivity index is 1.77. The number of aromatic amines is 1. The third-order valence-corrected chi connectivity index (χ3v) is 4.00. The van der Waals surface area contributed by atoms with Crippen LogP contribution in [0.3, 0.4) is 0 Å². The minimum atomic E-state index is -2.89. The number of carbonyl (C=O) groups is 2. The van der Waals surface area contributed by atoms with Crippen LogP contribution in [-0.4, -0.2) is 23.3 Å². The fourth-order valence-electron chi connectivity index (χ4n) is 2.91. The highest BCUT2D eigenvalue weighted by molar-refractivity contribution is 6.08. The normalized spacial score (nSPS) is 13.8. The van der Waals surface area contributed by atoms with Crippen molar-refractivity contribution in [3.63, 3.8) is 0 Å². The van der Waals surface area contributed by atoms with Crippen LogP contribution in [0.2, 0.25) is 0 Å². The number of rotatable bonds is 4. The number of alkyl halides is 2. The fraction of sp³-hybridized carbons (Fsp3) is 0.294. The Morgan fingerprint density at radius 3 is 2.58 bits per heavy atom. The third kappa shape index (κ3) is 3.15. The number of ether oxygens (including phenoxy) is 1. The number of nitrogens with one attached hydrogen (secondary N) is 2. The number of anilines is 1. The van der Waals surface area contributed by atoms with E-state index in [1.165, 1.54) is 24.3 Å².